The number of aromatic nitrogens is 3. The van der Waals surface area contributed by atoms with E-state index in [1.54, 1.807) is 43.6 Å². The van der Waals surface area contributed by atoms with Crippen LogP contribution in [0.1, 0.15) is 47.3 Å². The number of aromatic amines is 1. The molecule has 0 unspecified atom stereocenters. The van der Waals surface area contributed by atoms with Crippen LogP contribution in [0.2, 0.25) is 0 Å². The fourth-order valence-corrected chi connectivity index (χ4v) is 4.80. The number of rotatable bonds is 5. The quantitative estimate of drug-likeness (QED) is 0.358. The predicted molar refractivity (Wildman–Crippen MR) is 132 cm³/mol. The van der Waals surface area contributed by atoms with Crippen LogP contribution in [0.25, 0.3) is 22.2 Å². The van der Waals surface area contributed by atoms with E-state index in [0.29, 0.717) is 28.6 Å². The van der Waals surface area contributed by atoms with Crippen molar-refractivity contribution in [1.82, 2.24) is 20.3 Å². The van der Waals surface area contributed by atoms with Crippen LogP contribution in [0.3, 0.4) is 0 Å². The Labute approximate surface area is 206 Å². The minimum atomic E-state index is -0.642. The van der Waals surface area contributed by atoms with Crippen LogP contribution < -0.4 is 10.6 Å². The molecule has 4 aromatic rings. The molecule has 1 saturated carbocycles. The number of aryl methyl sites for hydroxylation is 1. The van der Waals surface area contributed by atoms with Gasteiger partial charge in [-0.15, -0.1) is 0 Å². The first-order chi connectivity index (χ1) is 17.4. The van der Waals surface area contributed by atoms with Crippen molar-refractivity contribution in [2.45, 2.75) is 44.7 Å². The summed E-state index contributed by atoms with van der Waals surface area (Å²) in [5.41, 5.74) is 2.23. The number of halogens is 2. The van der Waals surface area contributed by atoms with Crippen molar-refractivity contribution in [3.8, 4) is 17.3 Å². The molecule has 5 rings (SSSR count). The van der Waals surface area contributed by atoms with E-state index in [1.807, 2.05) is 6.07 Å². The summed E-state index contributed by atoms with van der Waals surface area (Å²) in [6, 6.07) is 11.3. The molecule has 36 heavy (non-hydrogen) atoms. The number of H-pyrrole nitrogens is 1. The standard InChI is InChI=1S/C27H24F2N6O/c1-15-9-19-20(14-32-25(19)21(28)10-15)24-16(13-30)11-22(29)26(35-24)33-17-5-4-6-18(12-17)34-27(36)23-7-2-3-8-31-23/h2-3,7-11,14,17-18,32H,4-6,12H2,1H3,(H,33,35)(H,34,36)/t17-,18-/m1/s1. The third-order valence-corrected chi connectivity index (χ3v) is 6.48. The number of nitrogens with one attached hydrogen (secondary N) is 3. The van der Waals surface area contributed by atoms with Gasteiger partial charge >= 0.3 is 0 Å². The lowest BCUT2D eigenvalue weighted by molar-refractivity contribution is 0.0921. The first-order valence-electron chi connectivity index (χ1n) is 11.8. The summed E-state index contributed by atoms with van der Waals surface area (Å²) in [5, 5.41) is 16.4. The number of fused-ring (bicyclic) bond motifs is 1. The summed E-state index contributed by atoms with van der Waals surface area (Å²) in [4.78, 5) is 24.0. The molecule has 9 heteroatoms. The molecule has 0 spiro atoms. The number of pyridine rings is 2. The number of amides is 1. The lowest BCUT2D eigenvalue weighted by Gasteiger charge is -2.30. The summed E-state index contributed by atoms with van der Waals surface area (Å²) >= 11 is 0. The van der Waals surface area contributed by atoms with Gasteiger partial charge in [-0.05, 0) is 68.5 Å². The number of nitriles is 1. The zero-order valence-corrected chi connectivity index (χ0v) is 19.6. The highest BCUT2D eigenvalue weighted by atomic mass is 19.1. The van der Waals surface area contributed by atoms with Crippen LogP contribution in [0.4, 0.5) is 14.6 Å². The van der Waals surface area contributed by atoms with Crippen molar-refractivity contribution in [1.29, 1.82) is 5.26 Å². The van der Waals surface area contributed by atoms with Crippen molar-refractivity contribution in [3.63, 3.8) is 0 Å². The highest BCUT2D eigenvalue weighted by molar-refractivity contribution is 5.96. The molecule has 1 amide bonds. The Morgan fingerprint density at radius 3 is 2.78 bits per heavy atom. The summed E-state index contributed by atoms with van der Waals surface area (Å²) in [6.45, 7) is 1.78. The van der Waals surface area contributed by atoms with Crippen molar-refractivity contribution in [2.24, 2.45) is 0 Å². The molecule has 3 aromatic heterocycles. The normalized spacial score (nSPS) is 17.5. The molecule has 0 radical (unpaired) electrons. The van der Waals surface area contributed by atoms with Crippen LogP contribution in [-0.4, -0.2) is 32.9 Å². The fraction of sp³-hybridized carbons (Fsp3) is 0.259. The smallest absolute Gasteiger partial charge is 0.270 e. The van der Waals surface area contributed by atoms with Gasteiger partial charge in [-0.2, -0.15) is 5.26 Å². The van der Waals surface area contributed by atoms with Crippen molar-refractivity contribution in [2.75, 3.05) is 5.32 Å². The molecule has 0 bridgehead atoms. The number of benzene rings is 1. The van der Waals surface area contributed by atoms with Gasteiger partial charge in [0.2, 0.25) is 0 Å². The van der Waals surface area contributed by atoms with E-state index in [1.165, 1.54) is 6.07 Å². The number of anilines is 1. The highest BCUT2D eigenvalue weighted by Crippen LogP contribution is 2.34. The number of carbonyl (C=O) groups is 1. The first kappa shape index (κ1) is 23.4. The molecular weight excluding hydrogens is 462 g/mol. The fourth-order valence-electron chi connectivity index (χ4n) is 4.80. The zero-order chi connectivity index (χ0) is 25.2. The second-order valence-electron chi connectivity index (χ2n) is 9.09. The molecule has 2 atom stereocenters. The monoisotopic (exact) mass is 486 g/mol. The molecule has 1 aliphatic carbocycles. The van der Waals surface area contributed by atoms with E-state index in [-0.39, 0.29) is 35.1 Å². The zero-order valence-electron chi connectivity index (χ0n) is 19.6. The Kier molecular flexibility index (Phi) is 6.34. The minimum absolute atomic E-state index is 0.0215. The molecule has 0 saturated heterocycles. The van der Waals surface area contributed by atoms with E-state index in [4.69, 9.17) is 0 Å². The maximum absolute atomic E-state index is 15.0. The maximum Gasteiger partial charge on any atom is 0.270 e. The number of nitrogens with zero attached hydrogens (tertiary/aromatic N) is 3. The number of carbonyl (C=O) groups excluding carboxylic acids is 1. The second kappa shape index (κ2) is 9.74. The van der Waals surface area contributed by atoms with Gasteiger partial charge in [0.15, 0.2) is 11.6 Å². The van der Waals surface area contributed by atoms with Crippen molar-refractivity contribution >= 4 is 22.6 Å². The molecule has 1 aliphatic rings. The molecule has 1 aromatic carbocycles. The molecular formula is C27H24F2N6O. The van der Waals surface area contributed by atoms with Crippen molar-refractivity contribution in [3.05, 3.63) is 77.2 Å². The van der Waals surface area contributed by atoms with Gasteiger partial charge in [0.05, 0.1) is 16.8 Å². The molecule has 3 N–H and O–H groups in total. The van der Waals surface area contributed by atoms with Gasteiger partial charge in [-0.25, -0.2) is 13.8 Å². The van der Waals surface area contributed by atoms with Crippen LogP contribution in [0.15, 0.2) is 48.8 Å². The summed E-state index contributed by atoms with van der Waals surface area (Å²) in [7, 11) is 0. The van der Waals surface area contributed by atoms with E-state index in [2.05, 4.69) is 25.6 Å². The summed E-state index contributed by atoms with van der Waals surface area (Å²) in [6.07, 6.45) is 6.18. The van der Waals surface area contributed by atoms with Crippen LogP contribution in [-0.2, 0) is 0 Å². The third-order valence-electron chi connectivity index (χ3n) is 6.48. The van der Waals surface area contributed by atoms with E-state index in [0.717, 1.165) is 30.9 Å². The Morgan fingerprint density at radius 2 is 2.00 bits per heavy atom. The lowest BCUT2D eigenvalue weighted by atomic mass is 9.90. The third kappa shape index (κ3) is 4.62. The van der Waals surface area contributed by atoms with E-state index < -0.39 is 11.6 Å². The van der Waals surface area contributed by atoms with Gasteiger partial charge < -0.3 is 15.6 Å². The van der Waals surface area contributed by atoms with Crippen molar-refractivity contribution < 1.29 is 13.6 Å². The average molecular weight is 487 g/mol. The Balaban J connectivity index is 1.39. The SMILES string of the molecule is Cc1cc(F)c2[nH]cc(-c3nc(N[C@@H]4CCC[C@@H](NC(=O)c5ccccn5)C4)c(F)cc3C#N)c2c1. The van der Waals surface area contributed by atoms with Gasteiger partial charge in [0.25, 0.3) is 5.91 Å². The minimum Gasteiger partial charge on any atom is -0.365 e. The molecule has 3 heterocycles. The number of hydrogen-bond donors (Lipinski definition) is 3. The van der Waals surface area contributed by atoms with E-state index in [9.17, 15) is 18.8 Å². The molecule has 0 aliphatic heterocycles. The largest absolute Gasteiger partial charge is 0.365 e. The van der Waals surface area contributed by atoms with Crippen LogP contribution in [0, 0.1) is 29.9 Å². The predicted octanol–water partition coefficient (Wildman–Crippen LogP) is 5.24. The van der Waals surface area contributed by atoms with Crippen LogP contribution in [0.5, 0.6) is 0 Å². The Morgan fingerprint density at radius 1 is 1.17 bits per heavy atom. The summed E-state index contributed by atoms with van der Waals surface area (Å²) < 4.78 is 29.4. The first-order valence-corrected chi connectivity index (χ1v) is 11.8. The highest BCUT2D eigenvalue weighted by Gasteiger charge is 2.26. The van der Waals surface area contributed by atoms with Crippen LogP contribution >= 0.6 is 0 Å². The van der Waals surface area contributed by atoms with Gasteiger partial charge in [0.1, 0.15) is 17.6 Å². The average Bonchev–Trinajstić information content (AvgIpc) is 3.29. The second-order valence-corrected chi connectivity index (χ2v) is 9.09. The molecule has 1 fully saturated rings. The van der Waals surface area contributed by atoms with Gasteiger partial charge in [-0.1, -0.05) is 6.07 Å². The summed E-state index contributed by atoms with van der Waals surface area (Å²) in [5.74, 6) is -1.27. The van der Waals surface area contributed by atoms with Gasteiger partial charge in [0, 0.05) is 35.4 Å². The molecule has 182 valence electrons. The maximum atomic E-state index is 15.0. The van der Waals surface area contributed by atoms with Gasteiger partial charge in [-0.3, -0.25) is 9.78 Å². The lowest BCUT2D eigenvalue weighted by Crippen LogP contribution is -2.42. The topological polar surface area (TPSA) is 106 Å². The Hall–Kier alpha value is -4.32. The number of hydrogen-bond acceptors (Lipinski definition) is 5. The Bertz CT molecular complexity index is 1480. The van der Waals surface area contributed by atoms with E-state index >= 15 is 0 Å². The molecule has 7 nitrogen and oxygen atoms in total.